The summed E-state index contributed by atoms with van der Waals surface area (Å²) in [6, 6.07) is 46.5. The molecule has 8 aromatic carbocycles. The van der Waals surface area contributed by atoms with Crippen molar-refractivity contribution in [1.29, 1.82) is 0 Å². The number of hydrogen-bond donors (Lipinski definition) is 8. The smallest absolute Gasteiger partial charge is 0.120 e. The average molecular weight is 1510 g/mol. The van der Waals surface area contributed by atoms with Gasteiger partial charge in [0.1, 0.15) is 46.0 Å². The van der Waals surface area contributed by atoms with Crippen LogP contribution in [0.1, 0.15) is 187 Å². The molecule has 0 aliphatic rings. The minimum atomic E-state index is 0. The zero-order chi connectivity index (χ0) is 79.9. The summed E-state index contributed by atoms with van der Waals surface area (Å²) in [5, 5.41) is 82.6. The van der Waals surface area contributed by atoms with Gasteiger partial charge in [0.25, 0.3) is 0 Å². The van der Waals surface area contributed by atoms with Crippen molar-refractivity contribution in [1.82, 2.24) is 39.2 Å². The molecule has 0 saturated carbocycles. The Morgan fingerprint density at radius 3 is 0.509 bits per heavy atom. The maximum atomic E-state index is 10.3. The van der Waals surface area contributed by atoms with E-state index in [2.05, 4.69) is 75.0 Å². The Morgan fingerprint density at radius 1 is 0.227 bits per heavy atom. The third-order valence-corrected chi connectivity index (χ3v) is 19.7. The molecular formula is C94H136N8O8. The van der Waals surface area contributed by atoms with E-state index >= 15 is 0 Å². The van der Waals surface area contributed by atoms with Crippen LogP contribution >= 0.6 is 0 Å². The Kier molecular flexibility index (Phi) is 41.3. The van der Waals surface area contributed by atoms with Gasteiger partial charge in [-0.25, -0.2) is 0 Å². The van der Waals surface area contributed by atoms with Crippen LogP contribution in [0.15, 0.2) is 146 Å². The molecule has 0 amide bonds. The van der Waals surface area contributed by atoms with E-state index in [1.165, 1.54) is 0 Å². The first kappa shape index (κ1) is 95.0. The molecule has 0 fully saturated rings. The van der Waals surface area contributed by atoms with Crippen LogP contribution < -0.4 is 0 Å². The molecule has 600 valence electrons. The molecule has 0 aromatic heterocycles. The molecule has 8 N–H and O–H groups in total. The highest BCUT2D eigenvalue weighted by Crippen LogP contribution is 2.35. The van der Waals surface area contributed by atoms with Crippen LogP contribution in [-0.4, -0.2) is 189 Å². The monoisotopic (exact) mass is 1510 g/mol. The molecule has 16 nitrogen and oxygen atoms in total. The first-order valence-corrected chi connectivity index (χ1v) is 38.1. The SMILES string of the molecule is C.C.C/C(=C(/C)c1ccc(CN(C)C)c(O)c1)c1ccc(CN(C)C)c(O)c1.C/C(=C(\C)c1ccc(CN(C)C)c(O)c1)c1ccc(CN(C)C)c(O)c1.CCN(CC)Cc1ccc(/C=C/c2ccc(CN(CC)CC)c(O)c2)cc1O.CCN(CC)Cc1ccc(/C=C\c2ccc(CN(CC)CC)c(O)c2)cc1O. The standard InChI is InChI=1S/2C24H34N2O2.2C22H30N2O2.2CH4/c2*1-5-25(6-2)17-21-13-11-19(15-23(21)27)9-10-20-12-14-22(24(28)16-20)18-26(7-3)8-4;2*1-15(17-7-9-19(13-23(3)4)21(25)11-17)16(2)18-8-10-20(14-24(5)6)22(26)12-18;;/h2*9-16,27-28H,5-8,17-18H2,1-4H3;2*7-12,25-26H,13-14H2,1-6H3;2*1H4/b10-9+;10-9-;16-15+;16-15-;;. The molecule has 0 aliphatic carbocycles. The van der Waals surface area contributed by atoms with E-state index < -0.39 is 0 Å². The van der Waals surface area contributed by atoms with Crippen LogP contribution in [0.5, 0.6) is 46.0 Å². The fourth-order valence-electron chi connectivity index (χ4n) is 12.4. The number of aromatic hydroxyl groups is 8. The lowest BCUT2D eigenvalue weighted by atomic mass is 9.95. The van der Waals surface area contributed by atoms with E-state index in [-0.39, 0.29) is 14.9 Å². The van der Waals surface area contributed by atoms with E-state index in [0.29, 0.717) is 72.2 Å². The van der Waals surface area contributed by atoms with Crippen LogP contribution in [0, 0.1) is 0 Å². The van der Waals surface area contributed by atoms with Gasteiger partial charge in [0, 0.05) is 96.9 Å². The molecule has 0 unspecified atom stereocenters. The summed E-state index contributed by atoms with van der Waals surface area (Å²) in [5.74, 6) is 2.55. The van der Waals surface area contributed by atoms with E-state index in [1.807, 2.05) is 249 Å². The van der Waals surface area contributed by atoms with Crippen LogP contribution in [0.4, 0.5) is 0 Å². The van der Waals surface area contributed by atoms with E-state index in [9.17, 15) is 40.9 Å². The van der Waals surface area contributed by atoms with Crippen molar-refractivity contribution in [2.45, 2.75) is 150 Å². The molecule has 0 spiro atoms. The molecule has 0 aliphatic heterocycles. The number of rotatable bonds is 32. The topological polar surface area (TPSA) is 188 Å². The van der Waals surface area contributed by atoms with E-state index in [0.717, 1.165) is 190 Å². The summed E-state index contributed by atoms with van der Waals surface area (Å²) >= 11 is 0. The summed E-state index contributed by atoms with van der Waals surface area (Å²) in [6.45, 7) is 38.7. The van der Waals surface area contributed by atoms with Crippen LogP contribution in [0.2, 0.25) is 0 Å². The quantitative estimate of drug-likeness (QED) is 0.0186. The molecule has 8 rings (SSSR count). The predicted molar refractivity (Wildman–Crippen MR) is 469 cm³/mol. The van der Waals surface area contributed by atoms with Crippen molar-refractivity contribution in [3.05, 3.63) is 235 Å². The minimum Gasteiger partial charge on any atom is -0.508 e. The van der Waals surface area contributed by atoms with Gasteiger partial charge >= 0.3 is 0 Å². The number of nitrogens with zero attached hydrogens (tertiary/aromatic N) is 8. The lowest BCUT2D eigenvalue weighted by Crippen LogP contribution is -2.22. The third-order valence-electron chi connectivity index (χ3n) is 19.7. The Labute approximate surface area is 662 Å². The van der Waals surface area contributed by atoms with Gasteiger partial charge in [-0.15, -0.1) is 0 Å². The summed E-state index contributed by atoms with van der Waals surface area (Å²) in [4.78, 5) is 17.2. The molecule has 0 bridgehead atoms. The fraction of sp³-hybridized carbons (Fsp3) is 0.404. The summed E-state index contributed by atoms with van der Waals surface area (Å²) < 4.78 is 0. The van der Waals surface area contributed by atoms with Crippen molar-refractivity contribution >= 4 is 46.6 Å². The van der Waals surface area contributed by atoms with Gasteiger partial charge in [-0.3, -0.25) is 19.6 Å². The maximum absolute atomic E-state index is 10.3. The Hall–Kier alpha value is -9.20. The van der Waals surface area contributed by atoms with Gasteiger partial charge in [0.05, 0.1) is 0 Å². The lowest BCUT2D eigenvalue weighted by Gasteiger charge is -2.19. The van der Waals surface area contributed by atoms with Crippen LogP contribution in [0.3, 0.4) is 0 Å². The molecule has 8 aromatic rings. The van der Waals surface area contributed by atoms with Crippen molar-refractivity contribution in [3.63, 3.8) is 0 Å². The summed E-state index contributed by atoms with van der Waals surface area (Å²) in [6.07, 6.45) is 7.83. The number of phenols is 8. The molecule has 0 atom stereocenters. The summed E-state index contributed by atoms with van der Waals surface area (Å²) in [5.41, 5.74) is 19.4. The highest BCUT2D eigenvalue weighted by molar-refractivity contribution is 5.90. The molecule has 0 radical (unpaired) electrons. The summed E-state index contributed by atoms with van der Waals surface area (Å²) in [7, 11) is 15.8. The van der Waals surface area contributed by atoms with Crippen molar-refractivity contribution in [2.24, 2.45) is 0 Å². The molecule has 16 heteroatoms. The maximum Gasteiger partial charge on any atom is 0.120 e. The number of allylic oxidation sites excluding steroid dienone is 4. The van der Waals surface area contributed by atoms with E-state index in [4.69, 9.17) is 0 Å². The van der Waals surface area contributed by atoms with Gasteiger partial charge in [0.2, 0.25) is 0 Å². The molecule has 110 heavy (non-hydrogen) atoms. The van der Waals surface area contributed by atoms with Gasteiger partial charge in [-0.05, 0) is 252 Å². The fourth-order valence-corrected chi connectivity index (χ4v) is 12.4. The predicted octanol–water partition coefficient (Wildman–Crippen LogP) is 19.5. The van der Waals surface area contributed by atoms with Gasteiger partial charge in [-0.1, -0.05) is 192 Å². The Bertz CT molecular complexity index is 3720. The second kappa shape index (κ2) is 47.8. The third kappa shape index (κ3) is 30.2. The normalized spacial score (nSPS) is 12.0. The highest BCUT2D eigenvalue weighted by atomic mass is 16.3. The number of benzene rings is 8. The first-order chi connectivity index (χ1) is 51.4. The number of phenolic OH excluding ortho intramolecular Hbond substituents is 8. The number of hydrogen-bond acceptors (Lipinski definition) is 16. The zero-order valence-electron chi connectivity index (χ0n) is 68.6. The van der Waals surface area contributed by atoms with Crippen molar-refractivity contribution in [3.8, 4) is 46.0 Å². The zero-order valence-corrected chi connectivity index (χ0v) is 68.6. The van der Waals surface area contributed by atoms with E-state index in [1.54, 1.807) is 24.3 Å². The Morgan fingerprint density at radius 2 is 0.373 bits per heavy atom. The minimum absolute atomic E-state index is 0. The lowest BCUT2D eigenvalue weighted by molar-refractivity contribution is 0.291. The highest BCUT2D eigenvalue weighted by Gasteiger charge is 2.16. The van der Waals surface area contributed by atoms with Gasteiger partial charge in [0.15, 0.2) is 0 Å². The average Bonchev–Trinajstić information content (AvgIpc) is 0.840. The Balaban J connectivity index is 0.000000378. The molecular weight excluding hydrogens is 1370 g/mol. The van der Waals surface area contributed by atoms with Crippen molar-refractivity contribution < 1.29 is 40.9 Å². The largest absolute Gasteiger partial charge is 0.508 e. The second-order valence-corrected chi connectivity index (χ2v) is 28.9. The van der Waals surface area contributed by atoms with Crippen LogP contribution in [0.25, 0.3) is 46.6 Å². The van der Waals surface area contributed by atoms with Gasteiger partial charge in [-0.2, -0.15) is 0 Å². The molecule has 0 saturated heterocycles. The molecule has 0 heterocycles. The second-order valence-electron chi connectivity index (χ2n) is 28.9. The first-order valence-electron chi connectivity index (χ1n) is 38.1. The van der Waals surface area contributed by atoms with Crippen molar-refractivity contribution in [2.75, 3.05) is 109 Å². The van der Waals surface area contributed by atoms with Crippen LogP contribution in [-0.2, 0) is 52.4 Å². The van der Waals surface area contributed by atoms with Gasteiger partial charge < -0.3 is 60.5 Å².